The van der Waals surface area contributed by atoms with E-state index in [2.05, 4.69) is 24.0 Å². The zero-order valence-corrected chi connectivity index (χ0v) is 13.4. The van der Waals surface area contributed by atoms with Gasteiger partial charge in [0.1, 0.15) is 5.75 Å². The molecule has 22 heavy (non-hydrogen) atoms. The highest BCUT2D eigenvalue weighted by Crippen LogP contribution is 2.22. The summed E-state index contributed by atoms with van der Waals surface area (Å²) in [4.78, 5) is 2.28. The Kier molecular flexibility index (Phi) is 6.28. The Balaban J connectivity index is 1.92. The van der Waals surface area contributed by atoms with Crippen molar-refractivity contribution in [2.45, 2.75) is 26.4 Å². The van der Waals surface area contributed by atoms with Crippen molar-refractivity contribution in [2.75, 3.05) is 24.6 Å². The second-order valence-corrected chi connectivity index (χ2v) is 5.22. The average molecular weight is 299 g/mol. The Morgan fingerprint density at radius 1 is 1.00 bits per heavy atom. The number of benzene rings is 2. The molecule has 0 amide bonds. The van der Waals surface area contributed by atoms with Crippen LogP contribution in [0.2, 0.25) is 0 Å². The van der Waals surface area contributed by atoms with Crippen molar-refractivity contribution in [3.05, 3.63) is 60.2 Å². The minimum absolute atomic E-state index is 0.451. The molecule has 0 aliphatic carbocycles. The van der Waals surface area contributed by atoms with Crippen LogP contribution in [0.15, 0.2) is 54.6 Å². The van der Waals surface area contributed by atoms with Crippen molar-refractivity contribution in [3.63, 3.8) is 0 Å². The molecule has 2 aromatic rings. The van der Waals surface area contributed by atoms with Crippen LogP contribution >= 0.6 is 0 Å². The number of anilines is 1. The SMILES string of the molecule is CCOc1ccc(C(O)CCN(CC)c2ccccc2)cc1. The van der Waals surface area contributed by atoms with Crippen molar-refractivity contribution in [2.24, 2.45) is 0 Å². The van der Waals surface area contributed by atoms with Crippen molar-refractivity contribution >= 4 is 5.69 Å². The molecule has 0 saturated carbocycles. The third-order valence-corrected chi connectivity index (χ3v) is 3.75. The van der Waals surface area contributed by atoms with Crippen LogP contribution in [0.1, 0.15) is 31.9 Å². The zero-order valence-electron chi connectivity index (χ0n) is 13.4. The van der Waals surface area contributed by atoms with Crippen molar-refractivity contribution < 1.29 is 9.84 Å². The predicted molar refractivity (Wildman–Crippen MR) is 91.5 cm³/mol. The van der Waals surface area contributed by atoms with E-state index in [-0.39, 0.29) is 0 Å². The fraction of sp³-hybridized carbons (Fsp3) is 0.368. The van der Waals surface area contributed by atoms with Gasteiger partial charge in [0.2, 0.25) is 0 Å². The normalized spacial score (nSPS) is 12.0. The minimum Gasteiger partial charge on any atom is -0.494 e. The topological polar surface area (TPSA) is 32.7 Å². The summed E-state index contributed by atoms with van der Waals surface area (Å²) in [6, 6.07) is 18.0. The molecule has 1 N–H and O–H groups in total. The Morgan fingerprint density at radius 2 is 1.68 bits per heavy atom. The number of rotatable bonds is 8. The molecule has 118 valence electrons. The quantitative estimate of drug-likeness (QED) is 0.798. The molecular weight excluding hydrogens is 274 g/mol. The van der Waals surface area contributed by atoms with Crippen molar-refractivity contribution in [3.8, 4) is 5.75 Å². The highest BCUT2D eigenvalue weighted by atomic mass is 16.5. The molecule has 0 aliphatic rings. The van der Waals surface area contributed by atoms with Gasteiger partial charge in [-0.3, -0.25) is 0 Å². The third-order valence-electron chi connectivity index (χ3n) is 3.75. The fourth-order valence-corrected chi connectivity index (χ4v) is 2.51. The van der Waals surface area contributed by atoms with E-state index >= 15 is 0 Å². The number of ether oxygens (including phenoxy) is 1. The summed E-state index contributed by atoms with van der Waals surface area (Å²) in [5, 5.41) is 10.4. The number of hydrogen-bond acceptors (Lipinski definition) is 3. The summed E-state index contributed by atoms with van der Waals surface area (Å²) >= 11 is 0. The lowest BCUT2D eigenvalue weighted by Crippen LogP contribution is -2.25. The van der Waals surface area contributed by atoms with Gasteiger partial charge >= 0.3 is 0 Å². The first kappa shape index (κ1) is 16.4. The Morgan fingerprint density at radius 3 is 2.27 bits per heavy atom. The van der Waals surface area contributed by atoms with E-state index in [0.717, 1.165) is 24.4 Å². The average Bonchev–Trinajstić information content (AvgIpc) is 2.57. The van der Waals surface area contributed by atoms with Gasteiger partial charge in [0.05, 0.1) is 12.7 Å². The van der Waals surface area contributed by atoms with E-state index in [0.29, 0.717) is 13.0 Å². The lowest BCUT2D eigenvalue weighted by molar-refractivity contribution is 0.169. The summed E-state index contributed by atoms with van der Waals surface area (Å²) in [5.41, 5.74) is 2.14. The van der Waals surface area contributed by atoms with Crippen LogP contribution in [0, 0.1) is 0 Å². The van der Waals surface area contributed by atoms with Gasteiger partial charge in [0.25, 0.3) is 0 Å². The van der Waals surface area contributed by atoms with Crippen LogP contribution in [0.25, 0.3) is 0 Å². The van der Waals surface area contributed by atoms with Gasteiger partial charge in [-0.15, -0.1) is 0 Å². The van der Waals surface area contributed by atoms with Crippen LogP contribution < -0.4 is 9.64 Å². The highest BCUT2D eigenvalue weighted by Gasteiger charge is 2.11. The van der Waals surface area contributed by atoms with E-state index in [1.807, 2.05) is 49.4 Å². The lowest BCUT2D eigenvalue weighted by atomic mass is 10.1. The summed E-state index contributed by atoms with van der Waals surface area (Å²) in [6.07, 6.45) is 0.255. The molecule has 0 aliphatic heterocycles. The van der Waals surface area contributed by atoms with Gasteiger partial charge in [-0.05, 0) is 50.1 Å². The molecule has 0 heterocycles. The summed E-state index contributed by atoms with van der Waals surface area (Å²) in [7, 11) is 0. The first-order valence-corrected chi connectivity index (χ1v) is 7.95. The molecule has 1 atom stereocenters. The largest absolute Gasteiger partial charge is 0.494 e. The Bertz CT molecular complexity index is 539. The van der Waals surface area contributed by atoms with Gasteiger partial charge in [-0.2, -0.15) is 0 Å². The van der Waals surface area contributed by atoms with Crippen LogP contribution in [0.3, 0.4) is 0 Å². The lowest BCUT2D eigenvalue weighted by Gasteiger charge is -2.24. The molecule has 0 spiro atoms. The maximum atomic E-state index is 10.4. The summed E-state index contributed by atoms with van der Waals surface area (Å²) in [5.74, 6) is 0.845. The van der Waals surface area contributed by atoms with Gasteiger partial charge < -0.3 is 14.7 Å². The highest BCUT2D eigenvalue weighted by molar-refractivity contribution is 5.45. The van der Waals surface area contributed by atoms with Crippen LogP contribution in [0.5, 0.6) is 5.75 Å². The molecule has 0 bridgehead atoms. The molecular formula is C19H25NO2. The number of hydrogen-bond donors (Lipinski definition) is 1. The van der Waals surface area contributed by atoms with E-state index in [1.165, 1.54) is 5.69 Å². The van der Waals surface area contributed by atoms with Gasteiger partial charge in [0.15, 0.2) is 0 Å². The van der Waals surface area contributed by atoms with E-state index in [9.17, 15) is 5.11 Å². The number of aliphatic hydroxyl groups excluding tert-OH is 1. The molecule has 3 nitrogen and oxygen atoms in total. The number of nitrogens with zero attached hydrogens (tertiary/aromatic N) is 1. The first-order valence-electron chi connectivity index (χ1n) is 7.95. The maximum absolute atomic E-state index is 10.4. The molecule has 2 aromatic carbocycles. The second-order valence-electron chi connectivity index (χ2n) is 5.22. The summed E-state index contributed by atoms with van der Waals surface area (Å²) in [6.45, 7) is 6.52. The summed E-state index contributed by atoms with van der Waals surface area (Å²) < 4.78 is 5.42. The van der Waals surface area contributed by atoms with Crippen LogP contribution in [0.4, 0.5) is 5.69 Å². The van der Waals surface area contributed by atoms with Crippen molar-refractivity contribution in [1.82, 2.24) is 0 Å². The molecule has 1 unspecified atom stereocenters. The standard InChI is InChI=1S/C19H25NO2/c1-3-20(17-8-6-5-7-9-17)15-14-19(21)16-10-12-18(13-11-16)22-4-2/h5-13,19,21H,3-4,14-15H2,1-2H3. The number of para-hydroxylation sites is 1. The van der Waals surface area contributed by atoms with Crippen molar-refractivity contribution in [1.29, 1.82) is 0 Å². The van der Waals surface area contributed by atoms with E-state index in [1.54, 1.807) is 0 Å². The van der Waals surface area contributed by atoms with Crippen LogP contribution in [-0.4, -0.2) is 24.8 Å². The zero-order chi connectivity index (χ0) is 15.8. The minimum atomic E-state index is -0.451. The molecule has 3 heteroatoms. The monoisotopic (exact) mass is 299 g/mol. The Hall–Kier alpha value is -2.00. The number of aliphatic hydroxyl groups is 1. The van der Waals surface area contributed by atoms with Gasteiger partial charge in [0, 0.05) is 18.8 Å². The Labute approximate surface area is 133 Å². The van der Waals surface area contributed by atoms with Gasteiger partial charge in [-0.1, -0.05) is 30.3 Å². The van der Waals surface area contributed by atoms with Crippen LogP contribution in [-0.2, 0) is 0 Å². The van der Waals surface area contributed by atoms with Gasteiger partial charge in [-0.25, -0.2) is 0 Å². The first-order chi connectivity index (χ1) is 10.7. The molecule has 0 saturated heterocycles. The van der Waals surface area contributed by atoms with E-state index in [4.69, 9.17) is 4.74 Å². The van der Waals surface area contributed by atoms with E-state index < -0.39 is 6.10 Å². The molecule has 0 fully saturated rings. The molecule has 0 aromatic heterocycles. The maximum Gasteiger partial charge on any atom is 0.119 e. The molecule has 0 radical (unpaired) electrons. The second kappa shape index (κ2) is 8.44. The smallest absolute Gasteiger partial charge is 0.119 e. The molecule has 2 rings (SSSR count). The fourth-order valence-electron chi connectivity index (χ4n) is 2.51. The third kappa shape index (κ3) is 4.50. The predicted octanol–water partition coefficient (Wildman–Crippen LogP) is 4.04.